The summed E-state index contributed by atoms with van der Waals surface area (Å²) in [7, 11) is 1.83. The molecule has 1 aliphatic rings. The lowest BCUT2D eigenvalue weighted by atomic mass is 10.2. The van der Waals surface area contributed by atoms with Gasteiger partial charge >= 0.3 is 0 Å². The number of hydrogen-bond acceptors (Lipinski definition) is 3. The van der Waals surface area contributed by atoms with E-state index in [-0.39, 0.29) is 11.9 Å². The molecule has 1 aliphatic heterocycles. The Balaban J connectivity index is 2.11. The van der Waals surface area contributed by atoms with Crippen LogP contribution in [0.1, 0.15) is 12.0 Å². The average molecular weight is 225 g/mol. The first-order valence-corrected chi connectivity index (χ1v) is 5.47. The number of ether oxygens (including phenoxy) is 2. The summed E-state index contributed by atoms with van der Waals surface area (Å²) >= 11 is 0. The Morgan fingerprint density at radius 3 is 3.12 bits per heavy atom. The summed E-state index contributed by atoms with van der Waals surface area (Å²) in [6.07, 6.45) is 0.997. The van der Waals surface area contributed by atoms with Gasteiger partial charge in [-0.3, -0.25) is 0 Å². The third-order valence-corrected chi connectivity index (χ3v) is 2.57. The number of nitrogens with one attached hydrogen (secondary N) is 1. The van der Waals surface area contributed by atoms with E-state index in [9.17, 15) is 4.39 Å². The highest BCUT2D eigenvalue weighted by Gasteiger charge is 2.18. The molecular weight excluding hydrogens is 209 g/mol. The molecular formula is C12H16FNO2. The van der Waals surface area contributed by atoms with E-state index >= 15 is 0 Å². The van der Waals surface area contributed by atoms with Gasteiger partial charge in [-0.15, -0.1) is 0 Å². The van der Waals surface area contributed by atoms with Gasteiger partial charge in [-0.05, 0) is 25.2 Å². The summed E-state index contributed by atoms with van der Waals surface area (Å²) in [5.41, 5.74) is 0.842. The van der Waals surface area contributed by atoms with Crippen LogP contribution in [0.4, 0.5) is 4.39 Å². The van der Waals surface area contributed by atoms with Gasteiger partial charge in [0.2, 0.25) is 0 Å². The standard InChI is InChI=1S/C12H16FNO2/c1-14-7-9-6-10(13)2-3-12(9)16-11-4-5-15-8-11/h2-3,6,11,14H,4-5,7-8H2,1H3. The molecule has 1 aromatic carbocycles. The molecule has 1 unspecified atom stereocenters. The molecule has 0 aromatic heterocycles. The van der Waals surface area contributed by atoms with Crippen LogP contribution in [0.15, 0.2) is 18.2 Å². The maximum atomic E-state index is 13.1. The van der Waals surface area contributed by atoms with E-state index in [0.717, 1.165) is 24.3 Å². The molecule has 0 amide bonds. The zero-order valence-corrected chi connectivity index (χ0v) is 9.33. The molecule has 4 heteroatoms. The molecule has 0 saturated carbocycles. The van der Waals surface area contributed by atoms with E-state index in [1.807, 2.05) is 7.05 Å². The second kappa shape index (κ2) is 5.27. The normalized spacial score (nSPS) is 20.0. The first-order chi connectivity index (χ1) is 7.79. The molecule has 0 bridgehead atoms. The van der Waals surface area contributed by atoms with Gasteiger partial charge in [0.25, 0.3) is 0 Å². The van der Waals surface area contributed by atoms with Gasteiger partial charge in [0.05, 0.1) is 13.2 Å². The predicted octanol–water partition coefficient (Wildman–Crippen LogP) is 1.71. The SMILES string of the molecule is CNCc1cc(F)ccc1OC1CCOC1. The maximum Gasteiger partial charge on any atom is 0.124 e. The van der Waals surface area contributed by atoms with Gasteiger partial charge in [-0.2, -0.15) is 0 Å². The third-order valence-electron chi connectivity index (χ3n) is 2.57. The molecule has 2 rings (SSSR count). The molecule has 1 heterocycles. The molecule has 0 aliphatic carbocycles. The van der Waals surface area contributed by atoms with Crippen molar-refractivity contribution in [2.75, 3.05) is 20.3 Å². The van der Waals surface area contributed by atoms with Crippen LogP contribution in [0.5, 0.6) is 5.75 Å². The zero-order valence-electron chi connectivity index (χ0n) is 9.33. The number of halogens is 1. The van der Waals surface area contributed by atoms with E-state index in [1.54, 1.807) is 6.07 Å². The second-order valence-corrected chi connectivity index (χ2v) is 3.89. The van der Waals surface area contributed by atoms with Crippen molar-refractivity contribution in [1.29, 1.82) is 0 Å². The van der Waals surface area contributed by atoms with E-state index < -0.39 is 0 Å². The fourth-order valence-electron chi connectivity index (χ4n) is 1.78. The monoisotopic (exact) mass is 225 g/mol. The Morgan fingerprint density at radius 2 is 2.44 bits per heavy atom. The smallest absolute Gasteiger partial charge is 0.124 e. The summed E-state index contributed by atoms with van der Waals surface area (Å²) in [5, 5.41) is 3.00. The predicted molar refractivity (Wildman–Crippen MR) is 59.0 cm³/mol. The van der Waals surface area contributed by atoms with Gasteiger partial charge in [0.15, 0.2) is 0 Å². The van der Waals surface area contributed by atoms with Crippen LogP contribution in [0, 0.1) is 5.82 Å². The van der Waals surface area contributed by atoms with Crippen molar-refractivity contribution in [3.8, 4) is 5.75 Å². The highest BCUT2D eigenvalue weighted by molar-refractivity contribution is 5.34. The van der Waals surface area contributed by atoms with Crippen molar-refractivity contribution in [2.24, 2.45) is 0 Å². The van der Waals surface area contributed by atoms with E-state index in [4.69, 9.17) is 9.47 Å². The highest BCUT2D eigenvalue weighted by atomic mass is 19.1. The Kier molecular flexibility index (Phi) is 3.74. The Hall–Kier alpha value is -1.13. The fourth-order valence-corrected chi connectivity index (χ4v) is 1.78. The molecule has 1 fully saturated rings. The van der Waals surface area contributed by atoms with Crippen LogP contribution in [0.2, 0.25) is 0 Å². The van der Waals surface area contributed by atoms with Crippen molar-refractivity contribution >= 4 is 0 Å². The summed E-state index contributed by atoms with van der Waals surface area (Å²) in [4.78, 5) is 0. The van der Waals surface area contributed by atoms with E-state index in [2.05, 4.69) is 5.32 Å². The van der Waals surface area contributed by atoms with E-state index in [0.29, 0.717) is 13.2 Å². The molecule has 1 aromatic rings. The van der Waals surface area contributed by atoms with Gasteiger partial charge < -0.3 is 14.8 Å². The van der Waals surface area contributed by atoms with Crippen LogP contribution in [-0.2, 0) is 11.3 Å². The van der Waals surface area contributed by atoms with Crippen molar-refractivity contribution in [2.45, 2.75) is 19.1 Å². The molecule has 0 spiro atoms. The van der Waals surface area contributed by atoms with Crippen molar-refractivity contribution in [3.05, 3.63) is 29.6 Å². The van der Waals surface area contributed by atoms with Crippen LogP contribution in [0.25, 0.3) is 0 Å². The van der Waals surface area contributed by atoms with Crippen molar-refractivity contribution in [3.63, 3.8) is 0 Å². The summed E-state index contributed by atoms with van der Waals surface area (Å²) in [6.45, 7) is 1.96. The fraction of sp³-hybridized carbons (Fsp3) is 0.500. The Morgan fingerprint density at radius 1 is 1.56 bits per heavy atom. The quantitative estimate of drug-likeness (QED) is 0.846. The Labute approximate surface area is 94.6 Å². The molecule has 1 N–H and O–H groups in total. The number of rotatable bonds is 4. The summed E-state index contributed by atoms with van der Waals surface area (Å²) < 4.78 is 24.1. The molecule has 0 radical (unpaired) electrons. The minimum atomic E-state index is -0.236. The highest BCUT2D eigenvalue weighted by Crippen LogP contribution is 2.23. The van der Waals surface area contributed by atoms with Crippen LogP contribution < -0.4 is 10.1 Å². The van der Waals surface area contributed by atoms with Crippen LogP contribution in [-0.4, -0.2) is 26.4 Å². The third kappa shape index (κ3) is 2.71. The van der Waals surface area contributed by atoms with E-state index in [1.165, 1.54) is 12.1 Å². The first-order valence-electron chi connectivity index (χ1n) is 5.47. The average Bonchev–Trinajstić information content (AvgIpc) is 2.75. The second-order valence-electron chi connectivity index (χ2n) is 3.89. The lowest BCUT2D eigenvalue weighted by Gasteiger charge is -2.15. The largest absolute Gasteiger partial charge is 0.488 e. The van der Waals surface area contributed by atoms with Gasteiger partial charge in [-0.25, -0.2) is 4.39 Å². The zero-order chi connectivity index (χ0) is 11.4. The molecule has 1 atom stereocenters. The topological polar surface area (TPSA) is 30.5 Å². The summed E-state index contributed by atoms with van der Waals surface area (Å²) in [6, 6.07) is 4.60. The van der Waals surface area contributed by atoms with Crippen LogP contribution in [0.3, 0.4) is 0 Å². The molecule has 3 nitrogen and oxygen atoms in total. The molecule has 1 saturated heterocycles. The van der Waals surface area contributed by atoms with Crippen molar-refractivity contribution < 1.29 is 13.9 Å². The Bertz CT molecular complexity index is 351. The first kappa shape index (κ1) is 11.4. The van der Waals surface area contributed by atoms with Gasteiger partial charge in [0.1, 0.15) is 17.7 Å². The lowest BCUT2D eigenvalue weighted by molar-refractivity contribution is 0.140. The molecule has 88 valence electrons. The minimum absolute atomic E-state index is 0.0982. The van der Waals surface area contributed by atoms with Gasteiger partial charge in [-0.1, -0.05) is 0 Å². The maximum absolute atomic E-state index is 13.1. The summed E-state index contributed by atoms with van der Waals surface area (Å²) in [5.74, 6) is 0.506. The number of hydrogen-bond donors (Lipinski definition) is 1. The molecule has 16 heavy (non-hydrogen) atoms. The van der Waals surface area contributed by atoms with Gasteiger partial charge in [0, 0.05) is 18.5 Å². The number of benzene rings is 1. The van der Waals surface area contributed by atoms with Crippen LogP contribution >= 0.6 is 0 Å². The lowest BCUT2D eigenvalue weighted by Crippen LogP contribution is -2.17. The minimum Gasteiger partial charge on any atom is -0.488 e. The van der Waals surface area contributed by atoms with Crippen molar-refractivity contribution in [1.82, 2.24) is 5.32 Å².